The van der Waals surface area contributed by atoms with Crippen LogP contribution in [0.15, 0.2) is 72.9 Å². The first-order valence-corrected chi connectivity index (χ1v) is 9.42. The molecule has 4 aromatic rings. The number of benzene rings is 2. The molecule has 31 heavy (non-hydrogen) atoms. The Hall–Kier alpha value is -4.04. The SMILES string of the molecule is O=C(O)c1cc(NC(=O)c2cc(-c3ccccn3)c(F)cc2Cl)n(-c2ccccc2)n1. The van der Waals surface area contributed by atoms with Crippen molar-refractivity contribution in [2.24, 2.45) is 0 Å². The summed E-state index contributed by atoms with van der Waals surface area (Å²) in [4.78, 5) is 28.5. The van der Waals surface area contributed by atoms with Crippen molar-refractivity contribution in [1.29, 1.82) is 0 Å². The number of aromatic carboxylic acids is 1. The fraction of sp³-hybridized carbons (Fsp3) is 0. The number of carbonyl (C=O) groups is 2. The van der Waals surface area contributed by atoms with Gasteiger partial charge in [-0.1, -0.05) is 35.9 Å². The van der Waals surface area contributed by atoms with E-state index >= 15 is 0 Å². The number of hydrogen-bond donors (Lipinski definition) is 2. The maximum Gasteiger partial charge on any atom is 0.356 e. The van der Waals surface area contributed by atoms with E-state index in [1.54, 1.807) is 48.5 Å². The van der Waals surface area contributed by atoms with Crippen LogP contribution < -0.4 is 5.32 Å². The van der Waals surface area contributed by atoms with Gasteiger partial charge in [0.15, 0.2) is 5.69 Å². The van der Waals surface area contributed by atoms with E-state index in [9.17, 15) is 19.1 Å². The second kappa shape index (κ2) is 8.37. The Morgan fingerprint density at radius 1 is 1.03 bits per heavy atom. The summed E-state index contributed by atoms with van der Waals surface area (Å²) in [6.07, 6.45) is 1.51. The molecule has 9 heteroatoms. The smallest absolute Gasteiger partial charge is 0.356 e. The van der Waals surface area contributed by atoms with Crippen molar-refractivity contribution < 1.29 is 19.1 Å². The molecule has 0 aliphatic rings. The molecule has 2 heterocycles. The fourth-order valence-electron chi connectivity index (χ4n) is 2.97. The summed E-state index contributed by atoms with van der Waals surface area (Å²) in [5.74, 6) is -2.41. The van der Waals surface area contributed by atoms with Gasteiger partial charge in [0.2, 0.25) is 0 Å². The van der Waals surface area contributed by atoms with Crippen LogP contribution in [0.1, 0.15) is 20.8 Å². The number of nitrogens with zero attached hydrogens (tertiary/aromatic N) is 3. The molecule has 0 unspecified atom stereocenters. The third-order valence-electron chi connectivity index (χ3n) is 4.41. The van der Waals surface area contributed by atoms with E-state index in [2.05, 4.69) is 15.4 Å². The summed E-state index contributed by atoms with van der Waals surface area (Å²) in [6, 6.07) is 17.3. The normalized spacial score (nSPS) is 10.6. The molecule has 2 N–H and O–H groups in total. The highest BCUT2D eigenvalue weighted by molar-refractivity contribution is 6.34. The molecule has 0 radical (unpaired) electrons. The maximum atomic E-state index is 14.4. The molecule has 154 valence electrons. The van der Waals surface area contributed by atoms with Crippen LogP contribution >= 0.6 is 11.6 Å². The standard InChI is InChI=1S/C22H14ClFN4O3/c23-16-11-17(24)15(18-8-4-5-9-25-18)10-14(16)21(29)26-20-12-19(22(30)31)27-28(20)13-6-2-1-3-7-13/h1-12H,(H,26,29)(H,30,31). The Morgan fingerprint density at radius 3 is 2.45 bits per heavy atom. The predicted octanol–water partition coefficient (Wildman–Crippen LogP) is 4.68. The van der Waals surface area contributed by atoms with Crippen LogP contribution in [0.5, 0.6) is 0 Å². The van der Waals surface area contributed by atoms with E-state index in [1.807, 2.05) is 0 Å². The number of aromatic nitrogens is 3. The van der Waals surface area contributed by atoms with Gasteiger partial charge in [-0.3, -0.25) is 9.78 Å². The molecule has 0 spiro atoms. The molecule has 0 aliphatic heterocycles. The number of para-hydroxylation sites is 1. The Labute approximate surface area is 180 Å². The van der Waals surface area contributed by atoms with Crippen LogP contribution in [-0.2, 0) is 0 Å². The highest BCUT2D eigenvalue weighted by Gasteiger charge is 2.20. The van der Waals surface area contributed by atoms with Gasteiger partial charge in [-0.2, -0.15) is 5.10 Å². The molecule has 0 bridgehead atoms. The van der Waals surface area contributed by atoms with Gasteiger partial charge in [-0.25, -0.2) is 13.9 Å². The predicted molar refractivity (Wildman–Crippen MR) is 113 cm³/mol. The van der Waals surface area contributed by atoms with E-state index in [1.165, 1.54) is 23.0 Å². The highest BCUT2D eigenvalue weighted by atomic mass is 35.5. The number of amides is 1. The van der Waals surface area contributed by atoms with Gasteiger partial charge in [-0.05, 0) is 36.4 Å². The molecule has 2 aromatic carbocycles. The molecule has 0 atom stereocenters. The van der Waals surface area contributed by atoms with Crippen molar-refractivity contribution in [2.75, 3.05) is 5.32 Å². The van der Waals surface area contributed by atoms with E-state index in [0.29, 0.717) is 11.4 Å². The molecule has 0 fully saturated rings. The van der Waals surface area contributed by atoms with Crippen molar-refractivity contribution in [1.82, 2.24) is 14.8 Å². The zero-order valence-electron chi connectivity index (χ0n) is 15.8. The largest absolute Gasteiger partial charge is 0.476 e. The van der Waals surface area contributed by atoms with Gasteiger partial charge in [0.25, 0.3) is 5.91 Å². The number of nitrogens with one attached hydrogen (secondary N) is 1. The molecule has 0 saturated carbocycles. The van der Waals surface area contributed by atoms with Crippen molar-refractivity contribution in [3.05, 3.63) is 95.0 Å². The first kappa shape index (κ1) is 20.2. The Kier molecular flexibility index (Phi) is 5.46. The third kappa shape index (κ3) is 4.15. The first-order chi connectivity index (χ1) is 14.9. The number of rotatable bonds is 5. The van der Waals surface area contributed by atoms with Crippen molar-refractivity contribution in [3.63, 3.8) is 0 Å². The minimum atomic E-state index is -1.25. The molecule has 2 aromatic heterocycles. The van der Waals surface area contributed by atoms with Crippen LogP contribution in [-0.4, -0.2) is 31.7 Å². The number of carboxylic acids is 1. The summed E-state index contributed by atoms with van der Waals surface area (Å²) in [5.41, 5.74) is 0.746. The lowest BCUT2D eigenvalue weighted by atomic mass is 10.1. The number of anilines is 1. The summed E-state index contributed by atoms with van der Waals surface area (Å²) in [5, 5.41) is 15.8. The molecule has 0 saturated heterocycles. The molecule has 1 amide bonds. The second-order valence-electron chi connectivity index (χ2n) is 6.45. The van der Waals surface area contributed by atoms with Gasteiger partial charge in [-0.15, -0.1) is 0 Å². The number of carboxylic acid groups (broad SMARTS) is 1. The quantitative estimate of drug-likeness (QED) is 0.473. The van der Waals surface area contributed by atoms with Gasteiger partial charge >= 0.3 is 5.97 Å². The number of halogens is 2. The third-order valence-corrected chi connectivity index (χ3v) is 4.73. The van der Waals surface area contributed by atoms with Gasteiger partial charge in [0.05, 0.1) is 22.0 Å². The minimum absolute atomic E-state index is 0.00130. The van der Waals surface area contributed by atoms with E-state index in [0.717, 1.165) is 6.07 Å². The van der Waals surface area contributed by atoms with Gasteiger partial charge in [0, 0.05) is 17.8 Å². The minimum Gasteiger partial charge on any atom is -0.476 e. The Balaban J connectivity index is 1.73. The lowest BCUT2D eigenvalue weighted by Crippen LogP contribution is -2.16. The number of carbonyl (C=O) groups excluding carboxylic acids is 1. The lowest BCUT2D eigenvalue weighted by Gasteiger charge is -2.11. The van der Waals surface area contributed by atoms with Crippen molar-refractivity contribution in [2.45, 2.75) is 0 Å². The molecule has 0 aliphatic carbocycles. The number of hydrogen-bond acceptors (Lipinski definition) is 4. The Bertz CT molecular complexity index is 1280. The average Bonchev–Trinajstić information content (AvgIpc) is 3.19. The summed E-state index contributed by atoms with van der Waals surface area (Å²) >= 11 is 6.12. The zero-order chi connectivity index (χ0) is 22.0. The van der Waals surface area contributed by atoms with Crippen LogP contribution in [0.3, 0.4) is 0 Å². The summed E-state index contributed by atoms with van der Waals surface area (Å²) in [7, 11) is 0. The van der Waals surface area contributed by atoms with Crippen LogP contribution in [0, 0.1) is 5.82 Å². The monoisotopic (exact) mass is 436 g/mol. The molecule has 7 nitrogen and oxygen atoms in total. The Morgan fingerprint density at radius 2 is 1.77 bits per heavy atom. The maximum absolute atomic E-state index is 14.4. The van der Waals surface area contributed by atoms with Crippen molar-refractivity contribution in [3.8, 4) is 16.9 Å². The molecular weight excluding hydrogens is 423 g/mol. The van der Waals surface area contributed by atoms with E-state index in [-0.39, 0.29) is 27.7 Å². The van der Waals surface area contributed by atoms with Crippen LogP contribution in [0.25, 0.3) is 16.9 Å². The number of pyridine rings is 1. The first-order valence-electron chi connectivity index (χ1n) is 9.04. The van der Waals surface area contributed by atoms with E-state index < -0.39 is 17.7 Å². The highest BCUT2D eigenvalue weighted by Crippen LogP contribution is 2.28. The van der Waals surface area contributed by atoms with Gasteiger partial charge in [0.1, 0.15) is 11.6 Å². The van der Waals surface area contributed by atoms with Gasteiger partial charge < -0.3 is 10.4 Å². The fourth-order valence-corrected chi connectivity index (χ4v) is 3.20. The van der Waals surface area contributed by atoms with Crippen molar-refractivity contribution >= 4 is 29.3 Å². The molecule has 4 rings (SSSR count). The molecular formula is C22H14ClFN4O3. The van der Waals surface area contributed by atoms with E-state index in [4.69, 9.17) is 11.6 Å². The van der Waals surface area contributed by atoms with Crippen LogP contribution in [0.2, 0.25) is 5.02 Å². The lowest BCUT2D eigenvalue weighted by molar-refractivity contribution is 0.0689. The topological polar surface area (TPSA) is 97.1 Å². The second-order valence-corrected chi connectivity index (χ2v) is 6.86. The van der Waals surface area contributed by atoms with Crippen LogP contribution in [0.4, 0.5) is 10.2 Å². The average molecular weight is 437 g/mol. The summed E-state index contributed by atoms with van der Waals surface area (Å²) in [6.45, 7) is 0. The zero-order valence-corrected chi connectivity index (χ0v) is 16.5. The summed E-state index contributed by atoms with van der Waals surface area (Å²) < 4.78 is 15.7.